The van der Waals surface area contributed by atoms with E-state index in [0.29, 0.717) is 0 Å². The van der Waals surface area contributed by atoms with Gasteiger partial charge < -0.3 is 4.57 Å². The van der Waals surface area contributed by atoms with Gasteiger partial charge in [0.25, 0.3) is 0 Å². The standard InChI is InChI=1S/C21H25N/c1-6-11-20-18(8-3)19-12-9-10-13-21(19)22(20)17(7-2)15-14-16(4)5/h6-7,9-15H,4,8H2,1-3,5H3/b11-6-,15-14-,17-7?. The molecular formula is C21H25N. The van der Waals surface area contributed by atoms with Gasteiger partial charge in [-0.25, -0.2) is 0 Å². The SMILES string of the molecule is C=C(C)/C=C\C(=CC)n1c(/C=C\C)c(CC)c2ccccc21. The maximum Gasteiger partial charge on any atom is 0.0537 e. The fourth-order valence-electron chi connectivity index (χ4n) is 2.84. The minimum atomic E-state index is 1.02. The lowest BCUT2D eigenvalue weighted by Crippen LogP contribution is -1.98. The number of fused-ring (bicyclic) bond motifs is 1. The first-order valence-corrected chi connectivity index (χ1v) is 7.89. The van der Waals surface area contributed by atoms with Crippen molar-refractivity contribution in [2.75, 3.05) is 0 Å². The molecular weight excluding hydrogens is 266 g/mol. The van der Waals surface area contributed by atoms with Crippen LogP contribution >= 0.6 is 0 Å². The van der Waals surface area contributed by atoms with Crippen molar-refractivity contribution >= 4 is 22.7 Å². The molecule has 0 N–H and O–H groups in total. The zero-order valence-corrected chi connectivity index (χ0v) is 14.1. The molecule has 1 heterocycles. The topological polar surface area (TPSA) is 4.93 Å². The van der Waals surface area contributed by atoms with Crippen molar-refractivity contribution in [1.29, 1.82) is 0 Å². The van der Waals surface area contributed by atoms with Gasteiger partial charge in [-0.3, -0.25) is 0 Å². The zero-order chi connectivity index (χ0) is 16.1. The lowest BCUT2D eigenvalue weighted by molar-refractivity contribution is 1.08. The first-order valence-electron chi connectivity index (χ1n) is 7.89. The Morgan fingerprint density at radius 3 is 2.50 bits per heavy atom. The van der Waals surface area contributed by atoms with Gasteiger partial charge in [0.1, 0.15) is 0 Å². The second kappa shape index (κ2) is 7.13. The van der Waals surface area contributed by atoms with Crippen LogP contribution in [0.5, 0.6) is 0 Å². The summed E-state index contributed by atoms with van der Waals surface area (Å²) in [7, 11) is 0. The lowest BCUT2D eigenvalue weighted by atomic mass is 10.1. The predicted molar refractivity (Wildman–Crippen MR) is 99.9 cm³/mol. The first kappa shape index (κ1) is 16.1. The Bertz CT molecular complexity index is 767. The van der Waals surface area contributed by atoms with Crippen LogP contribution in [0.1, 0.15) is 39.0 Å². The van der Waals surface area contributed by atoms with E-state index in [-0.39, 0.29) is 0 Å². The van der Waals surface area contributed by atoms with Crippen molar-refractivity contribution in [2.45, 2.75) is 34.1 Å². The van der Waals surface area contributed by atoms with Crippen LogP contribution in [0.15, 0.2) is 60.7 Å². The summed E-state index contributed by atoms with van der Waals surface area (Å²) in [6, 6.07) is 8.63. The number of nitrogens with zero attached hydrogens (tertiary/aromatic N) is 1. The number of aromatic nitrogens is 1. The highest BCUT2D eigenvalue weighted by Gasteiger charge is 2.14. The summed E-state index contributed by atoms with van der Waals surface area (Å²) >= 11 is 0. The summed E-state index contributed by atoms with van der Waals surface area (Å²) in [4.78, 5) is 0. The van der Waals surface area contributed by atoms with Gasteiger partial charge in [-0.2, -0.15) is 0 Å². The van der Waals surface area contributed by atoms with Gasteiger partial charge in [-0.1, -0.05) is 55.5 Å². The van der Waals surface area contributed by atoms with Gasteiger partial charge in [-0.05, 0) is 51.0 Å². The molecule has 1 aromatic heterocycles. The average Bonchev–Trinajstić information content (AvgIpc) is 2.82. The second-order valence-corrected chi connectivity index (χ2v) is 5.46. The van der Waals surface area contributed by atoms with Crippen LogP contribution in [-0.4, -0.2) is 4.57 Å². The average molecular weight is 291 g/mol. The molecule has 1 aromatic carbocycles. The van der Waals surface area contributed by atoms with E-state index >= 15 is 0 Å². The fraction of sp³-hybridized carbons (Fsp3) is 0.238. The Hall–Kier alpha value is -2.28. The summed E-state index contributed by atoms with van der Waals surface area (Å²) in [5.41, 5.74) is 6.15. The molecule has 1 nitrogen and oxygen atoms in total. The molecule has 0 aliphatic rings. The Morgan fingerprint density at radius 2 is 1.91 bits per heavy atom. The van der Waals surface area contributed by atoms with Crippen molar-refractivity contribution < 1.29 is 0 Å². The van der Waals surface area contributed by atoms with E-state index in [4.69, 9.17) is 0 Å². The maximum atomic E-state index is 3.96. The van der Waals surface area contributed by atoms with Crippen molar-refractivity contribution in [1.82, 2.24) is 4.57 Å². The molecule has 0 radical (unpaired) electrons. The lowest BCUT2D eigenvalue weighted by Gasteiger charge is -2.10. The summed E-state index contributed by atoms with van der Waals surface area (Å²) in [5.74, 6) is 0. The molecule has 0 amide bonds. The molecule has 0 bridgehead atoms. The molecule has 1 heteroatoms. The minimum Gasteiger partial charge on any atom is -0.310 e. The van der Waals surface area contributed by atoms with Gasteiger partial charge in [0.15, 0.2) is 0 Å². The molecule has 0 spiro atoms. The predicted octanol–water partition coefficient (Wildman–Crippen LogP) is 6.23. The van der Waals surface area contributed by atoms with E-state index in [1.165, 1.54) is 27.9 Å². The van der Waals surface area contributed by atoms with Crippen molar-refractivity contribution in [3.8, 4) is 0 Å². The fourth-order valence-corrected chi connectivity index (χ4v) is 2.84. The Morgan fingerprint density at radius 1 is 1.18 bits per heavy atom. The number of rotatable bonds is 5. The summed E-state index contributed by atoms with van der Waals surface area (Å²) in [6.45, 7) is 12.3. The number of allylic oxidation sites excluding steroid dienone is 6. The Balaban J connectivity index is 2.80. The van der Waals surface area contributed by atoms with Crippen molar-refractivity contribution in [3.63, 3.8) is 0 Å². The third kappa shape index (κ3) is 2.99. The monoisotopic (exact) mass is 291 g/mol. The Labute approximate surface area is 134 Å². The summed E-state index contributed by atoms with van der Waals surface area (Å²) in [6.07, 6.45) is 11.7. The van der Waals surface area contributed by atoms with E-state index in [1.807, 2.05) is 6.92 Å². The number of hydrogen-bond donors (Lipinski definition) is 0. The minimum absolute atomic E-state index is 1.02. The molecule has 0 fully saturated rings. The molecule has 2 aromatic rings. The van der Waals surface area contributed by atoms with Gasteiger partial charge in [0.2, 0.25) is 0 Å². The highest BCUT2D eigenvalue weighted by atomic mass is 15.0. The molecule has 0 aliphatic heterocycles. The highest BCUT2D eigenvalue weighted by Crippen LogP contribution is 2.31. The molecule has 0 aliphatic carbocycles. The maximum absolute atomic E-state index is 3.96. The Kier molecular flexibility index (Phi) is 5.21. The molecule has 2 rings (SSSR count). The molecule has 22 heavy (non-hydrogen) atoms. The van der Waals surface area contributed by atoms with Crippen LogP contribution in [0.25, 0.3) is 22.7 Å². The number of aryl methyl sites for hydroxylation is 1. The largest absolute Gasteiger partial charge is 0.310 e. The molecule has 0 saturated heterocycles. The molecule has 0 unspecified atom stereocenters. The quantitative estimate of drug-likeness (QED) is 0.575. The molecule has 0 saturated carbocycles. The van der Waals surface area contributed by atoms with Gasteiger partial charge in [0.05, 0.1) is 5.52 Å². The van der Waals surface area contributed by atoms with Gasteiger partial charge >= 0.3 is 0 Å². The third-order valence-corrected chi connectivity index (χ3v) is 3.79. The zero-order valence-electron chi connectivity index (χ0n) is 14.1. The normalized spacial score (nSPS) is 12.8. The van der Waals surface area contributed by atoms with Crippen LogP contribution in [0.4, 0.5) is 0 Å². The smallest absolute Gasteiger partial charge is 0.0537 e. The summed E-state index contributed by atoms with van der Waals surface area (Å²) in [5, 5.41) is 1.33. The number of para-hydroxylation sites is 1. The van der Waals surface area contributed by atoms with Crippen LogP contribution < -0.4 is 0 Å². The van der Waals surface area contributed by atoms with Gasteiger partial charge in [-0.15, -0.1) is 0 Å². The van der Waals surface area contributed by atoms with Crippen LogP contribution in [0.3, 0.4) is 0 Å². The first-order chi connectivity index (χ1) is 10.6. The van der Waals surface area contributed by atoms with Crippen molar-refractivity contribution in [2.24, 2.45) is 0 Å². The molecule has 0 atom stereocenters. The van der Waals surface area contributed by atoms with Crippen molar-refractivity contribution in [3.05, 3.63) is 72.0 Å². The van der Waals surface area contributed by atoms with Crippen LogP contribution in [0, 0.1) is 0 Å². The second-order valence-electron chi connectivity index (χ2n) is 5.46. The third-order valence-electron chi connectivity index (χ3n) is 3.79. The van der Waals surface area contributed by atoms with Crippen LogP contribution in [0.2, 0.25) is 0 Å². The van der Waals surface area contributed by atoms with E-state index in [9.17, 15) is 0 Å². The van der Waals surface area contributed by atoms with E-state index < -0.39 is 0 Å². The number of hydrogen-bond acceptors (Lipinski definition) is 0. The van der Waals surface area contributed by atoms with E-state index in [0.717, 1.165) is 12.0 Å². The van der Waals surface area contributed by atoms with Gasteiger partial charge in [0, 0.05) is 16.8 Å². The number of benzene rings is 1. The molecule has 114 valence electrons. The summed E-state index contributed by atoms with van der Waals surface area (Å²) < 4.78 is 2.34. The highest BCUT2D eigenvalue weighted by molar-refractivity contribution is 5.92. The van der Waals surface area contributed by atoms with Crippen LogP contribution in [-0.2, 0) is 6.42 Å². The van der Waals surface area contributed by atoms with E-state index in [2.05, 4.69) is 86.6 Å². The van der Waals surface area contributed by atoms with E-state index in [1.54, 1.807) is 0 Å².